The number of rotatable bonds is 8. The minimum Gasteiger partial charge on any atom is -0.497 e. The zero-order chi connectivity index (χ0) is 22.3. The van der Waals surface area contributed by atoms with Gasteiger partial charge in [-0.15, -0.1) is 10.2 Å². The van der Waals surface area contributed by atoms with Crippen LogP contribution < -0.4 is 10.1 Å². The van der Waals surface area contributed by atoms with Crippen LogP contribution >= 0.6 is 11.8 Å². The lowest BCUT2D eigenvalue weighted by Gasteiger charge is -2.22. The van der Waals surface area contributed by atoms with E-state index < -0.39 is 0 Å². The second kappa shape index (κ2) is 10.2. The van der Waals surface area contributed by atoms with Crippen molar-refractivity contribution in [1.29, 1.82) is 0 Å². The number of hydrogen-bond acceptors (Lipinski definition) is 5. The summed E-state index contributed by atoms with van der Waals surface area (Å²) >= 11 is 1.36. The van der Waals surface area contributed by atoms with Crippen molar-refractivity contribution >= 4 is 17.7 Å². The van der Waals surface area contributed by atoms with Crippen LogP contribution in [0.15, 0.2) is 96.4 Å². The van der Waals surface area contributed by atoms with Crippen LogP contribution in [0.5, 0.6) is 5.75 Å². The molecule has 0 bridgehead atoms. The number of carbonyl (C=O) groups is 1. The zero-order valence-corrected chi connectivity index (χ0v) is 18.7. The summed E-state index contributed by atoms with van der Waals surface area (Å²) in [6.45, 7) is 1.87. The first-order chi connectivity index (χ1) is 15.7. The normalized spacial score (nSPS) is 11.8. The van der Waals surface area contributed by atoms with Crippen molar-refractivity contribution in [1.82, 2.24) is 20.1 Å². The fourth-order valence-electron chi connectivity index (χ4n) is 3.36. The van der Waals surface area contributed by atoms with E-state index in [0.717, 1.165) is 22.6 Å². The van der Waals surface area contributed by atoms with Crippen LogP contribution in [0.2, 0.25) is 0 Å². The summed E-state index contributed by atoms with van der Waals surface area (Å²) in [6, 6.07) is 27.3. The molecular weight excluding hydrogens is 420 g/mol. The number of carbonyl (C=O) groups excluding carboxylic acids is 1. The second-order valence-electron chi connectivity index (χ2n) is 7.21. The van der Waals surface area contributed by atoms with Gasteiger partial charge >= 0.3 is 0 Å². The van der Waals surface area contributed by atoms with E-state index in [-0.39, 0.29) is 17.2 Å². The van der Waals surface area contributed by atoms with Crippen LogP contribution in [0.3, 0.4) is 0 Å². The van der Waals surface area contributed by atoms with E-state index >= 15 is 0 Å². The topological polar surface area (TPSA) is 69.0 Å². The Balaban J connectivity index is 1.52. The van der Waals surface area contributed by atoms with Gasteiger partial charge in [0.05, 0.1) is 24.1 Å². The Labute approximate surface area is 191 Å². The van der Waals surface area contributed by atoms with E-state index in [1.54, 1.807) is 13.4 Å². The molecule has 1 aromatic heterocycles. The Bertz CT molecular complexity index is 1130. The molecule has 0 aliphatic rings. The molecule has 0 fully saturated rings. The van der Waals surface area contributed by atoms with Crippen LogP contribution in [-0.2, 0) is 4.79 Å². The summed E-state index contributed by atoms with van der Waals surface area (Å²) in [4.78, 5) is 13.2. The van der Waals surface area contributed by atoms with Crippen LogP contribution in [0.1, 0.15) is 24.1 Å². The lowest BCUT2D eigenvalue weighted by Crippen LogP contribution is -2.35. The summed E-state index contributed by atoms with van der Waals surface area (Å²) < 4.78 is 7.16. The Hall–Kier alpha value is -3.58. The summed E-state index contributed by atoms with van der Waals surface area (Å²) in [6.07, 6.45) is 1.64. The monoisotopic (exact) mass is 444 g/mol. The van der Waals surface area contributed by atoms with Crippen molar-refractivity contribution in [3.63, 3.8) is 0 Å². The van der Waals surface area contributed by atoms with E-state index in [1.165, 1.54) is 11.8 Å². The van der Waals surface area contributed by atoms with E-state index in [0.29, 0.717) is 5.16 Å². The van der Waals surface area contributed by atoms with Crippen LogP contribution in [0.25, 0.3) is 5.69 Å². The summed E-state index contributed by atoms with van der Waals surface area (Å²) in [5.41, 5.74) is 2.93. The van der Waals surface area contributed by atoms with E-state index in [2.05, 4.69) is 15.5 Å². The highest BCUT2D eigenvalue weighted by Gasteiger charge is 2.23. The smallest absolute Gasteiger partial charge is 0.234 e. The molecule has 32 heavy (non-hydrogen) atoms. The number of amides is 1. The number of benzene rings is 3. The predicted octanol–water partition coefficient (Wildman–Crippen LogP) is 4.66. The Morgan fingerprint density at radius 2 is 1.62 bits per heavy atom. The molecule has 4 aromatic rings. The highest BCUT2D eigenvalue weighted by molar-refractivity contribution is 8.00. The van der Waals surface area contributed by atoms with Crippen LogP contribution in [0, 0.1) is 0 Å². The molecule has 0 saturated heterocycles. The number of ether oxygens (including phenoxy) is 1. The molecule has 0 aliphatic heterocycles. The molecule has 1 unspecified atom stereocenters. The van der Waals surface area contributed by atoms with Crippen molar-refractivity contribution in [2.45, 2.75) is 23.4 Å². The van der Waals surface area contributed by atoms with Crippen molar-refractivity contribution in [2.75, 3.05) is 7.11 Å². The number of nitrogens with one attached hydrogen (secondary N) is 1. The Morgan fingerprint density at radius 1 is 0.969 bits per heavy atom. The molecule has 0 saturated carbocycles. The van der Waals surface area contributed by atoms with Gasteiger partial charge in [-0.3, -0.25) is 9.36 Å². The number of aromatic nitrogens is 3. The van der Waals surface area contributed by atoms with Gasteiger partial charge < -0.3 is 10.1 Å². The maximum Gasteiger partial charge on any atom is 0.234 e. The van der Waals surface area contributed by atoms with Gasteiger partial charge in [-0.25, -0.2) is 0 Å². The molecule has 6 nitrogen and oxygen atoms in total. The molecule has 3 aromatic carbocycles. The third-order valence-corrected chi connectivity index (χ3v) is 6.11. The maximum absolute atomic E-state index is 13.2. The zero-order valence-electron chi connectivity index (χ0n) is 17.9. The van der Waals surface area contributed by atoms with Crippen molar-refractivity contribution in [3.8, 4) is 11.4 Å². The fraction of sp³-hybridized carbons (Fsp3) is 0.160. The van der Waals surface area contributed by atoms with E-state index in [1.807, 2.05) is 96.4 Å². The lowest BCUT2D eigenvalue weighted by molar-refractivity contribution is -0.120. The second-order valence-corrected chi connectivity index (χ2v) is 8.52. The van der Waals surface area contributed by atoms with Gasteiger partial charge in [0.2, 0.25) is 5.91 Å². The molecule has 1 amide bonds. The number of hydrogen-bond donors (Lipinski definition) is 1. The van der Waals surface area contributed by atoms with Crippen molar-refractivity contribution < 1.29 is 9.53 Å². The molecular formula is C25H24N4O2S. The van der Waals surface area contributed by atoms with E-state index in [9.17, 15) is 4.79 Å². The van der Waals surface area contributed by atoms with Gasteiger partial charge in [0.15, 0.2) is 5.16 Å². The molecule has 1 heterocycles. The molecule has 1 N–H and O–H groups in total. The van der Waals surface area contributed by atoms with Crippen molar-refractivity contribution in [2.24, 2.45) is 0 Å². The quantitative estimate of drug-likeness (QED) is 0.400. The molecule has 162 valence electrons. The minimum absolute atomic E-state index is 0.0760. The summed E-state index contributed by atoms with van der Waals surface area (Å²) in [5, 5.41) is 11.7. The van der Waals surface area contributed by atoms with Gasteiger partial charge in [0.25, 0.3) is 0 Å². The fourth-order valence-corrected chi connectivity index (χ4v) is 4.22. The molecule has 0 radical (unpaired) electrons. The van der Waals surface area contributed by atoms with Gasteiger partial charge in [0.1, 0.15) is 12.1 Å². The number of thioether (sulfide) groups is 1. The maximum atomic E-state index is 13.2. The van der Waals surface area contributed by atoms with E-state index in [4.69, 9.17) is 4.74 Å². The van der Waals surface area contributed by atoms with Crippen molar-refractivity contribution in [3.05, 3.63) is 102 Å². The largest absolute Gasteiger partial charge is 0.497 e. The van der Waals surface area contributed by atoms with Gasteiger partial charge in [-0.05, 0) is 30.2 Å². The van der Waals surface area contributed by atoms with Gasteiger partial charge in [-0.2, -0.15) is 0 Å². The average molecular weight is 445 g/mol. The predicted molar refractivity (Wildman–Crippen MR) is 126 cm³/mol. The Morgan fingerprint density at radius 3 is 2.25 bits per heavy atom. The Kier molecular flexibility index (Phi) is 6.87. The standard InChI is InChI=1S/C25H24N4O2S/c1-18(32-25-28-26-17-29(25)21-14-9-15-22(16-21)31-2)24(30)27-23(19-10-5-3-6-11-19)20-12-7-4-8-13-20/h3-18,23H,1-2H3,(H,27,30). The van der Waals surface area contributed by atoms with Crippen LogP contribution in [-0.4, -0.2) is 33.0 Å². The molecule has 0 aliphatic carbocycles. The van der Waals surface area contributed by atoms with Crippen LogP contribution in [0.4, 0.5) is 0 Å². The third kappa shape index (κ3) is 5.00. The highest BCUT2D eigenvalue weighted by atomic mass is 32.2. The first kappa shape index (κ1) is 21.6. The summed E-state index contributed by atoms with van der Waals surface area (Å²) in [7, 11) is 1.63. The molecule has 1 atom stereocenters. The number of methoxy groups -OCH3 is 1. The SMILES string of the molecule is COc1cccc(-n2cnnc2SC(C)C(=O)NC(c2ccccc2)c2ccccc2)c1. The lowest BCUT2D eigenvalue weighted by atomic mass is 9.98. The third-order valence-electron chi connectivity index (χ3n) is 5.05. The average Bonchev–Trinajstić information content (AvgIpc) is 3.31. The van der Waals surface area contributed by atoms with Gasteiger partial charge in [0, 0.05) is 6.07 Å². The summed E-state index contributed by atoms with van der Waals surface area (Å²) in [5.74, 6) is 0.666. The number of nitrogens with zero attached hydrogens (tertiary/aromatic N) is 3. The molecule has 0 spiro atoms. The minimum atomic E-state index is -0.376. The van der Waals surface area contributed by atoms with Gasteiger partial charge in [-0.1, -0.05) is 78.5 Å². The molecule has 4 rings (SSSR count). The first-order valence-corrected chi connectivity index (χ1v) is 11.1. The first-order valence-electron chi connectivity index (χ1n) is 10.3. The highest BCUT2D eigenvalue weighted by Crippen LogP contribution is 2.27. The molecule has 7 heteroatoms.